The Kier molecular flexibility index (Phi) is 12.2. The minimum absolute atomic E-state index is 0.0386. The second-order valence-electron chi connectivity index (χ2n) is 9.43. The first kappa shape index (κ1) is 24.9. The zero-order valence-corrected chi connectivity index (χ0v) is 18.7. The second-order valence-corrected chi connectivity index (χ2v) is 11.4. The Hall–Kier alpha value is -0.130. The van der Waals surface area contributed by atoms with Gasteiger partial charge in [-0.05, 0) is 6.42 Å². The van der Waals surface area contributed by atoms with Gasteiger partial charge in [-0.15, -0.1) is 0 Å². The summed E-state index contributed by atoms with van der Waals surface area (Å²) in [5, 5.41) is 0. The van der Waals surface area contributed by atoms with Crippen molar-refractivity contribution in [1.82, 2.24) is 4.72 Å². The standard InChI is InChI=1S/C20H45N2O2S/c1-7-8-9-10-11-12-13-14-15-16-17-25(23,24)21-18-20(2,3)19-22(4,5)6/h21H,7-19H2,1-6H3/q+1. The molecule has 0 bridgehead atoms. The molecular weight excluding hydrogens is 332 g/mol. The summed E-state index contributed by atoms with van der Waals surface area (Å²) in [4.78, 5) is 0. The quantitative estimate of drug-likeness (QED) is 0.317. The second kappa shape index (κ2) is 12.3. The Morgan fingerprint density at radius 3 is 1.68 bits per heavy atom. The van der Waals surface area contributed by atoms with Gasteiger partial charge in [-0.3, -0.25) is 0 Å². The maximum Gasteiger partial charge on any atom is 0.211 e. The van der Waals surface area contributed by atoms with E-state index in [9.17, 15) is 8.42 Å². The SMILES string of the molecule is CCCCCCCCCCCCS(=O)(=O)NCC(C)(C)C[N+](C)(C)C. The molecule has 0 heterocycles. The van der Waals surface area contributed by atoms with E-state index in [1.165, 1.54) is 44.9 Å². The van der Waals surface area contributed by atoms with E-state index in [2.05, 4.69) is 46.6 Å². The molecular formula is C20H45N2O2S+. The van der Waals surface area contributed by atoms with Gasteiger partial charge in [0.05, 0.1) is 33.4 Å². The minimum Gasteiger partial charge on any atom is -0.330 e. The molecule has 0 aromatic rings. The Labute approximate surface area is 158 Å². The van der Waals surface area contributed by atoms with E-state index in [4.69, 9.17) is 0 Å². The molecule has 0 aliphatic heterocycles. The maximum atomic E-state index is 12.2. The summed E-state index contributed by atoms with van der Waals surface area (Å²) in [5.41, 5.74) is -0.0386. The van der Waals surface area contributed by atoms with Crippen molar-refractivity contribution < 1.29 is 12.9 Å². The van der Waals surface area contributed by atoms with E-state index in [-0.39, 0.29) is 11.2 Å². The summed E-state index contributed by atoms with van der Waals surface area (Å²) in [6, 6.07) is 0. The lowest BCUT2D eigenvalue weighted by Gasteiger charge is -2.34. The average molecular weight is 378 g/mol. The van der Waals surface area contributed by atoms with Gasteiger partial charge in [0.15, 0.2) is 0 Å². The van der Waals surface area contributed by atoms with Crippen LogP contribution in [0.5, 0.6) is 0 Å². The molecule has 0 rings (SSSR count). The molecule has 0 saturated heterocycles. The number of hydrogen-bond acceptors (Lipinski definition) is 2. The number of nitrogens with zero attached hydrogens (tertiary/aromatic N) is 1. The number of nitrogens with one attached hydrogen (secondary N) is 1. The average Bonchev–Trinajstić information content (AvgIpc) is 2.45. The predicted octanol–water partition coefficient (Wildman–Crippen LogP) is 4.56. The number of hydrogen-bond donors (Lipinski definition) is 1. The van der Waals surface area contributed by atoms with Crippen LogP contribution in [0.3, 0.4) is 0 Å². The van der Waals surface area contributed by atoms with Gasteiger partial charge in [0.2, 0.25) is 10.0 Å². The Bertz CT molecular complexity index is 425. The normalized spacial score (nSPS) is 13.4. The summed E-state index contributed by atoms with van der Waals surface area (Å²) in [6.45, 7) is 7.95. The smallest absolute Gasteiger partial charge is 0.211 e. The Morgan fingerprint density at radius 2 is 1.24 bits per heavy atom. The molecule has 0 saturated carbocycles. The highest BCUT2D eigenvalue weighted by Gasteiger charge is 2.27. The molecule has 0 radical (unpaired) electrons. The lowest BCUT2D eigenvalue weighted by molar-refractivity contribution is -0.876. The zero-order valence-electron chi connectivity index (χ0n) is 17.9. The summed E-state index contributed by atoms with van der Waals surface area (Å²) in [5.74, 6) is 0.268. The van der Waals surface area contributed by atoms with Crippen molar-refractivity contribution in [2.45, 2.75) is 85.0 Å². The van der Waals surface area contributed by atoms with Crippen LogP contribution in [0.1, 0.15) is 85.0 Å². The predicted molar refractivity (Wildman–Crippen MR) is 110 cm³/mol. The third-order valence-electron chi connectivity index (χ3n) is 4.44. The first-order chi connectivity index (χ1) is 11.5. The molecule has 0 aromatic carbocycles. The molecule has 0 spiro atoms. The molecule has 25 heavy (non-hydrogen) atoms. The lowest BCUT2D eigenvalue weighted by Crippen LogP contribution is -2.47. The topological polar surface area (TPSA) is 46.2 Å². The summed E-state index contributed by atoms with van der Waals surface area (Å²) in [6.07, 6.45) is 12.2. The summed E-state index contributed by atoms with van der Waals surface area (Å²) in [7, 11) is 3.28. The molecule has 0 fully saturated rings. The third-order valence-corrected chi connectivity index (χ3v) is 5.85. The molecule has 5 heteroatoms. The van der Waals surface area contributed by atoms with Crippen molar-refractivity contribution in [2.75, 3.05) is 40.0 Å². The van der Waals surface area contributed by atoms with Crippen LogP contribution in [0.4, 0.5) is 0 Å². The van der Waals surface area contributed by atoms with E-state index in [1.54, 1.807) is 0 Å². The van der Waals surface area contributed by atoms with Crippen molar-refractivity contribution in [1.29, 1.82) is 0 Å². The molecule has 0 aliphatic carbocycles. The fourth-order valence-corrected chi connectivity index (χ4v) is 4.84. The van der Waals surface area contributed by atoms with E-state index in [1.807, 2.05) is 0 Å². The Balaban J connectivity index is 3.77. The van der Waals surface area contributed by atoms with Gasteiger partial charge >= 0.3 is 0 Å². The minimum atomic E-state index is -3.13. The first-order valence-electron chi connectivity index (χ1n) is 10.3. The molecule has 0 amide bonds. The largest absolute Gasteiger partial charge is 0.330 e. The van der Waals surface area contributed by atoms with E-state index < -0.39 is 10.0 Å². The first-order valence-corrected chi connectivity index (χ1v) is 11.9. The van der Waals surface area contributed by atoms with Crippen molar-refractivity contribution in [3.63, 3.8) is 0 Å². The van der Waals surface area contributed by atoms with Crippen molar-refractivity contribution in [3.8, 4) is 0 Å². The van der Waals surface area contributed by atoms with Crippen LogP contribution >= 0.6 is 0 Å². The van der Waals surface area contributed by atoms with Gasteiger partial charge in [0, 0.05) is 12.0 Å². The van der Waals surface area contributed by atoms with E-state index in [0.717, 1.165) is 30.3 Å². The van der Waals surface area contributed by atoms with E-state index in [0.29, 0.717) is 6.54 Å². The van der Waals surface area contributed by atoms with Gasteiger partial charge < -0.3 is 4.48 Å². The van der Waals surface area contributed by atoms with Crippen LogP contribution in [0, 0.1) is 5.41 Å². The molecule has 0 atom stereocenters. The van der Waals surface area contributed by atoms with Crippen LogP contribution in [0.25, 0.3) is 0 Å². The Morgan fingerprint density at radius 1 is 0.800 bits per heavy atom. The number of rotatable bonds is 16. The highest BCUT2D eigenvalue weighted by Crippen LogP contribution is 2.18. The van der Waals surface area contributed by atoms with Gasteiger partial charge in [-0.2, -0.15) is 0 Å². The van der Waals surface area contributed by atoms with Gasteiger partial charge in [0.1, 0.15) is 0 Å². The molecule has 0 aromatic heterocycles. The molecule has 0 aliphatic rings. The van der Waals surface area contributed by atoms with Crippen LogP contribution in [-0.2, 0) is 10.0 Å². The number of sulfonamides is 1. The fourth-order valence-electron chi connectivity index (χ4n) is 3.50. The molecule has 152 valence electrons. The van der Waals surface area contributed by atoms with Crippen molar-refractivity contribution in [2.24, 2.45) is 5.41 Å². The monoisotopic (exact) mass is 377 g/mol. The van der Waals surface area contributed by atoms with Crippen molar-refractivity contribution >= 4 is 10.0 Å². The van der Waals surface area contributed by atoms with Gasteiger partial charge in [0.25, 0.3) is 0 Å². The van der Waals surface area contributed by atoms with Gasteiger partial charge in [-0.25, -0.2) is 13.1 Å². The zero-order chi connectivity index (χ0) is 19.4. The highest BCUT2D eigenvalue weighted by atomic mass is 32.2. The number of unbranched alkanes of at least 4 members (excludes halogenated alkanes) is 9. The van der Waals surface area contributed by atoms with Crippen LogP contribution in [-0.4, -0.2) is 52.9 Å². The van der Waals surface area contributed by atoms with Crippen LogP contribution in [0.2, 0.25) is 0 Å². The number of quaternary nitrogens is 1. The molecule has 1 N–H and O–H groups in total. The highest BCUT2D eigenvalue weighted by molar-refractivity contribution is 7.89. The van der Waals surface area contributed by atoms with E-state index >= 15 is 0 Å². The van der Waals surface area contributed by atoms with Gasteiger partial charge in [-0.1, -0.05) is 78.6 Å². The van der Waals surface area contributed by atoms with Crippen LogP contribution in [0.15, 0.2) is 0 Å². The lowest BCUT2D eigenvalue weighted by atomic mass is 9.93. The fraction of sp³-hybridized carbons (Fsp3) is 1.00. The third kappa shape index (κ3) is 17.1. The molecule has 0 unspecified atom stereocenters. The summed E-state index contributed by atoms with van der Waals surface area (Å²) >= 11 is 0. The molecule has 4 nitrogen and oxygen atoms in total. The van der Waals surface area contributed by atoms with Crippen molar-refractivity contribution in [3.05, 3.63) is 0 Å². The summed E-state index contributed by atoms with van der Waals surface area (Å²) < 4.78 is 28.0. The van der Waals surface area contributed by atoms with Crippen LogP contribution < -0.4 is 4.72 Å². The maximum absolute atomic E-state index is 12.2.